The second-order valence-corrected chi connectivity index (χ2v) is 6.12. The Morgan fingerprint density at radius 2 is 1.88 bits per heavy atom. The van der Waals surface area contributed by atoms with Gasteiger partial charge >= 0.3 is 0 Å². The molecule has 0 radical (unpaired) electrons. The van der Waals surface area contributed by atoms with Crippen molar-refractivity contribution < 1.29 is 9.90 Å². The summed E-state index contributed by atoms with van der Waals surface area (Å²) in [6.07, 6.45) is 3.30. The summed E-state index contributed by atoms with van der Waals surface area (Å²) in [7, 11) is 0. The molecule has 0 aromatic rings. The van der Waals surface area contributed by atoms with Gasteiger partial charge in [0.1, 0.15) is 0 Å². The predicted octanol–water partition coefficient (Wildman–Crippen LogP) is 0.924. The number of rotatable bonds is 4. The number of hydrogen-bond donors (Lipinski definition) is 3. The molecule has 1 fully saturated rings. The molecule has 4 nitrogen and oxygen atoms in total. The van der Waals surface area contributed by atoms with Crippen molar-refractivity contribution in [3.8, 4) is 0 Å². The number of aliphatic hydroxyl groups is 1. The number of amides is 1. The van der Waals surface area contributed by atoms with E-state index in [4.69, 9.17) is 5.73 Å². The highest BCUT2D eigenvalue weighted by molar-refractivity contribution is 5.78. The summed E-state index contributed by atoms with van der Waals surface area (Å²) in [5, 5.41) is 12.8. The summed E-state index contributed by atoms with van der Waals surface area (Å²) >= 11 is 0. The lowest BCUT2D eigenvalue weighted by atomic mass is 9.75. The quantitative estimate of drug-likeness (QED) is 0.670. The standard InChI is InChI=1S/C12H24N2O2/c1-10(2,11(3,4)16)14-9(15)8-12(13)6-5-7-12/h16H,5-8,13H2,1-4H3,(H,14,15). The van der Waals surface area contributed by atoms with Crippen LogP contribution >= 0.6 is 0 Å². The van der Waals surface area contributed by atoms with Crippen molar-refractivity contribution in [3.63, 3.8) is 0 Å². The molecule has 0 spiro atoms. The third-order valence-electron chi connectivity index (χ3n) is 3.84. The Kier molecular flexibility index (Phi) is 3.37. The molecular formula is C12H24N2O2. The Morgan fingerprint density at radius 1 is 1.38 bits per heavy atom. The highest BCUT2D eigenvalue weighted by Crippen LogP contribution is 2.32. The van der Waals surface area contributed by atoms with E-state index in [0.717, 1.165) is 19.3 Å². The third-order valence-corrected chi connectivity index (χ3v) is 3.84. The van der Waals surface area contributed by atoms with E-state index >= 15 is 0 Å². The normalized spacial score (nSPS) is 20.1. The Hall–Kier alpha value is -0.610. The smallest absolute Gasteiger partial charge is 0.222 e. The number of nitrogens with one attached hydrogen (secondary N) is 1. The van der Waals surface area contributed by atoms with Crippen LogP contribution in [0, 0.1) is 0 Å². The van der Waals surface area contributed by atoms with E-state index in [1.54, 1.807) is 13.8 Å². The monoisotopic (exact) mass is 228 g/mol. The summed E-state index contributed by atoms with van der Waals surface area (Å²) < 4.78 is 0. The maximum atomic E-state index is 11.8. The van der Waals surface area contributed by atoms with E-state index in [1.165, 1.54) is 0 Å². The molecule has 1 aliphatic rings. The lowest BCUT2D eigenvalue weighted by Gasteiger charge is -2.41. The number of carbonyl (C=O) groups is 1. The predicted molar refractivity (Wildman–Crippen MR) is 63.9 cm³/mol. The maximum absolute atomic E-state index is 11.8. The second-order valence-electron chi connectivity index (χ2n) is 6.12. The van der Waals surface area contributed by atoms with Crippen LogP contribution in [-0.4, -0.2) is 27.7 Å². The highest BCUT2D eigenvalue weighted by Gasteiger charge is 2.39. The molecule has 1 aliphatic carbocycles. The van der Waals surface area contributed by atoms with Gasteiger partial charge in [0, 0.05) is 12.0 Å². The first-order chi connectivity index (χ1) is 7.06. The molecule has 4 N–H and O–H groups in total. The Balaban J connectivity index is 2.51. The zero-order valence-electron chi connectivity index (χ0n) is 10.8. The summed E-state index contributed by atoms with van der Waals surface area (Å²) in [4.78, 5) is 11.8. The zero-order valence-corrected chi connectivity index (χ0v) is 10.8. The summed E-state index contributed by atoms with van der Waals surface area (Å²) in [6, 6.07) is 0. The Bertz CT molecular complexity index is 275. The van der Waals surface area contributed by atoms with E-state index in [0.29, 0.717) is 6.42 Å². The molecule has 1 amide bonds. The maximum Gasteiger partial charge on any atom is 0.222 e. The fourth-order valence-corrected chi connectivity index (χ4v) is 1.67. The van der Waals surface area contributed by atoms with Crippen molar-refractivity contribution in [3.05, 3.63) is 0 Å². The number of nitrogens with two attached hydrogens (primary N) is 1. The van der Waals surface area contributed by atoms with Crippen molar-refractivity contribution in [2.75, 3.05) is 0 Å². The fraction of sp³-hybridized carbons (Fsp3) is 0.917. The van der Waals surface area contributed by atoms with Gasteiger partial charge < -0.3 is 16.2 Å². The van der Waals surface area contributed by atoms with Crippen LogP contribution in [0.5, 0.6) is 0 Å². The molecule has 16 heavy (non-hydrogen) atoms. The Labute approximate surface area is 97.6 Å². The molecule has 0 bridgehead atoms. The SMILES string of the molecule is CC(C)(O)C(C)(C)NC(=O)CC1(N)CCC1. The van der Waals surface area contributed by atoms with E-state index in [9.17, 15) is 9.90 Å². The largest absolute Gasteiger partial charge is 0.388 e. The average molecular weight is 228 g/mol. The van der Waals surface area contributed by atoms with Gasteiger partial charge in [0.05, 0.1) is 11.1 Å². The summed E-state index contributed by atoms with van der Waals surface area (Å²) in [5.74, 6) is -0.0747. The Morgan fingerprint density at radius 3 is 2.19 bits per heavy atom. The lowest BCUT2D eigenvalue weighted by molar-refractivity contribution is -0.128. The van der Waals surface area contributed by atoms with Crippen LogP contribution in [0.15, 0.2) is 0 Å². The van der Waals surface area contributed by atoms with Gasteiger partial charge in [-0.3, -0.25) is 4.79 Å². The molecule has 0 atom stereocenters. The van der Waals surface area contributed by atoms with Gasteiger partial charge in [-0.05, 0) is 47.0 Å². The minimum atomic E-state index is -0.954. The van der Waals surface area contributed by atoms with Gasteiger partial charge in [-0.25, -0.2) is 0 Å². The van der Waals surface area contributed by atoms with Crippen LogP contribution in [0.3, 0.4) is 0 Å². The highest BCUT2D eigenvalue weighted by atomic mass is 16.3. The first kappa shape index (κ1) is 13.5. The topological polar surface area (TPSA) is 75.3 Å². The second kappa shape index (κ2) is 4.00. The molecule has 0 heterocycles. The van der Waals surface area contributed by atoms with E-state index < -0.39 is 11.1 Å². The van der Waals surface area contributed by atoms with Gasteiger partial charge in [0.15, 0.2) is 0 Å². The molecule has 0 aromatic carbocycles. The van der Waals surface area contributed by atoms with Gasteiger partial charge in [-0.15, -0.1) is 0 Å². The third kappa shape index (κ3) is 2.95. The van der Waals surface area contributed by atoms with Gasteiger partial charge in [0.2, 0.25) is 5.91 Å². The number of carbonyl (C=O) groups excluding carboxylic acids is 1. The van der Waals surface area contributed by atoms with Crippen LogP contribution in [0.25, 0.3) is 0 Å². The molecule has 0 aromatic heterocycles. The molecule has 0 aliphatic heterocycles. The van der Waals surface area contributed by atoms with Crippen molar-refractivity contribution >= 4 is 5.91 Å². The molecule has 1 rings (SSSR count). The van der Waals surface area contributed by atoms with E-state index in [-0.39, 0.29) is 11.4 Å². The van der Waals surface area contributed by atoms with Gasteiger partial charge in [-0.2, -0.15) is 0 Å². The first-order valence-corrected chi connectivity index (χ1v) is 5.88. The van der Waals surface area contributed by atoms with Crippen molar-refractivity contribution in [2.24, 2.45) is 5.73 Å². The summed E-state index contributed by atoms with van der Waals surface area (Å²) in [6.45, 7) is 7.01. The molecule has 1 saturated carbocycles. The zero-order chi connectivity index (χ0) is 12.6. The number of hydrogen-bond acceptors (Lipinski definition) is 3. The molecule has 4 heteroatoms. The van der Waals surface area contributed by atoms with E-state index in [1.807, 2.05) is 13.8 Å². The van der Waals surface area contributed by atoms with Crippen LogP contribution in [0.2, 0.25) is 0 Å². The molecule has 94 valence electrons. The average Bonchev–Trinajstić information content (AvgIpc) is 1.97. The molecule has 0 unspecified atom stereocenters. The molecule has 0 saturated heterocycles. The molecular weight excluding hydrogens is 204 g/mol. The fourth-order valence-electron chi connectivity index (χ4n) is 1.67. The van der Waals surface area contributed by atoms with Crippen LogP contribution in [0.4, 0.5) is 0 Å². The van der Waals surface area contributed by atoms with Crippen molar-refractivity contribution in [1.29, 1.82) is 0 Å². The van der Waals surface area contributed by atoms with Gasteiger partial charge in [-0.1, -0.05) is 0 Å². The van der Waals surface area contributed by atoms with Crippen molar-refractivity contribution in [1.82, 2.24) is 5.32 Å². The lowest BCUT2D eigenvalue weighted by Crippen LogP contribution is -2.60. The first-order valence-electron chi connectivity index (χ1n) is 5.88. The van der Waals surface area contributed by atoms with Crippen LogP contribution in [0.1, 0.15) is 53.4 Å². The van der Waals surface area contributed by atoms with Crippen molar-refractivity contribution in [2.45, 2.75) is 70.1 Å². The minimum absolute atomic E-state index is 0.0747. The summed E-state index contributed by atoms with van der Waals surface area (Å²) in [5.41, 5.74) is 4.10. The minimum Gasteiger partial charge on any atom is -0.388 e. The van der Waals surface area contributed by atoms with Crippen LogP contribution < -0.4 is 11.1 Å². The van der Waals surface area contributed by atoms with Crippen LogP contribution in [-0.2, 0) is 4.79 Å². The van der Waals surface area contributed by atoms with E-state index in [2.05, 4.69) is 5.32 Å². The van der Waals surface area contributed by atoms with Gasteiger partial charge in [0.25, 0.3) is 0 Å².